The first kappa shape index (κ1) is 13.4. The van der Waals surface area contributed by atoms with Crippen LogP contribution in [-0.2, 0) is 6.54 Å². The van der Waals surface area contributed by atoms with Crippen molar-refractivity contribution in [1.82, 2.24) is 15.3 Å². The van der Waals surface area contributed by atoms with Gasteiger partial charge in [0.05, 0.1) is 17.9 Å². The predicted octanol–water partition coefficient (Wildman–Crippen LogP) is 2.93. The van der Waals surface area contributed by atoms with Gasteiger partial charge in [0.25, 0.3) is 0 Å². The van der Waals surface area contributed by atoms with E-state index < -0.39 is 12.1 Å². The van der Waals surface area contributed by atoms with E-state index in [1.165, 1.54) is 0 Å². The molecule has 2 rings (SSSR count). The minimum Gasteiger partial charge on any atom is -0.348 e. The Morgan fingerprint density at radius 2 is 2.22 bits per heavy atom. The van der Waals surface area contributed by atoms with Crippen molar-refractivity contribution in [2.75, 3.05) is 0 Å². The molecule has 3 nitrogen and oxygen atoms in total. The van der Waals surface area contributed by atoms with E-state index in [9.17, 15) is 13.2 Å². The van der Waals surface area contributed by atoms with Gasteiger partial charge >= 0.3 is 6.18 Å². The highest BCUT2D eigenvalue weighted by atomic mass is 19.4. The average Bonchev–Trinajstić information content (AvgIpc) is 2.72. The maximum Gasteiger partial charge on any atom is 0.391 e. The van der Waals surface area contributed by atoms with E-state index in [2.05, 4.69) is 15.3 Å². The second-order valence-corrected chi connectivity index (χ2v) is 4.96. The first-order valence-electron chi connectivity index (χ1n) is 6.25. The summed E-state index contributed by atoms with van der Waals surface area (Å²) in [6, 6.07) is -0.0542. The summed E-state index contributed by atoms with van der Waals surface area (Å²) in [5.41, 5.74) is 1.84. The number of aromatic nitrogens is 2. The van der Waals surface area contributed by atoms with E-state index >= 15 is 0 Å². The number of halogens is 3. The summed E-state index contributed by atoms with van der Waals surface area (Å²) in [5, 5.41) is 3.18. The van der Waals surface area contributed by atoms with Gasteiger partial charge in [-0.2, -0.15) is 13.2 Å². The molecular formula is C12H18F3N3. The van der Waals surface area contributed by atoms with Crippen molar-refractivity contribution >= 4 is 0 Å². The summed E-state index contributed by atoms with van der Waals surface area (Å²) < 4.78 is 37.9. The van der Waals surface area contributed by atoms with E-state index in [0.717, 1.165) is 17.8 Å². The third kappa shape index (κ3) is 3.25. The predicted molar refractivity (Wildman–Crippen MR) is 62.0 cm³/mol. The van der Waals surface area contributed by atoms with Crippen LogP contribution in [-0.4, -0.2) is 22.2 Å². The normalized spacial score (nSPS) is 25.3. The molecule has 1 saturated carbocycles. The van der Waals surface area contributed by atoms with Gasteiger partial charge in [-0.3, -0.25) is 0 Å². The molecule has 2 atom stereocenters. The van der Waals surface area contributed by atoms with Crippen LogP contribution < -0.4 is 5.32 Å². The zero-order chi connectivity index (χ0) is 13.2. The highest BCUT2D eigenvalue weighted by Crippen LogP contribution is 2.37. The molecule has 0 radical (unpaired) electrons. The van der Waals surface area contributed by atoms with Gasteiger partial charge in [-0.15, -0.1) is 0 Å². The SMILES string of the molecule is Cc1[nH]cnc1CNC1CCCC(C(F)(F)F)C1. The topological polar surface area (TPSA) is 40.7 Å². The molecule has 0 aliphatic heterocycles. The summed E-state index contributed by atoms with van der Waals surface area (Å²) in [5.74, 6) is -1.15. The summed E-state index contributed by atoms with van der Waals surface area (Å²) in [6.45, 7) is 2.44. The van der Waals surface area contributed by atoms with E-state index in [1.807, 2.05) is 6.92 Å². The van der Waals surface area contributed by atoms with Crippen molar-refractivity contribution in [3.8, 4) is 0 Å². The van der Waals surface area contributed by atoms with Crippen LogP contribution in [0.4, 0.5) is 13.2 Å². The lowest BCUT2D eigenvalue weighted by Crippen LogP contribution is -2.38. The number of aryl methyl sites for hydroxylation is 1. The Hall–Kier alpha value is -1.04. The molecule has 0 amide bonds. The van der Waals surface area contributed by atoms with Crippen LogP contribution in [0.3, 0.4) is 0 Å². The standard InChI is InChI=1S/C12H18F3N3/c1-8-11(18-7-17-8)6-16-10-4-2-3-9(5-10)12(13,14)15/h7,9-10,16H,2-6H2,1H3,(H,17,18). The second-order valence-electron chi connectivity index (χ2n) is 4.96. The van der Waals surface area contributed by atoms with E-state index in [-0.39, 0.29) is 18.9 Å². The van der Waals surface area contributed by atoms with Gasteiger partial charge in [0.15, 0.2) is 0 Å². The minimum absolute atomic E-state index is 0.0542. The molecule has 0 aromatic carbocycles. The van der Waals surface area contributed by atoms with Crippen LogP contribution in [0.5, 0.6) is 0 Å². The molecule has 1 aliphatic carbocycles. The quantitative estimate of drug-likeness (QED) is 0.878. The third-order valence-corrected chi connectivity index (χ3v) is 3.63. The number of imidazole rings is 1. The van der Waals surface area contributed by atoms with Gasteiger partial charge in [-0.1, -0.05) is 6.42 Å². The fourth-order valence-electron chi connectivity index (χ4n) is 2.48. The number of rotatable bonds is 3. The van der Waals surface area contributed by atoms with Crippen LogP contribution in [0.25, 0.3) is 0 Å². The number of alkyl halides is 3. The van der Waals surface area contributed by atoms with Gasteiger partial charge in [-0.25, -0.2) is 4.98 Å². The van der Waals surface area contributed by atoms with E-state index in [0.29, 0.717) is 13.0 Å². The monoisotopic (exact) mass is 261 g/mol. The van der Waals surface area contributed by atoms with E-state index in [4.69, 9.17) is 0 Å². The molecule has 1 aromatic rings. The molecule has 1 aliphatic rings. The van der Waals surface area contributed by atoms with Crippen LogP contribution in [0.2, 0.25) is 0 Å². The maximum atomic E-state index is 12.6. The molecule has 102 valence electrons. The Labute approximate surface area is 104 Å². The molecule has 0 bridgehead atoms. The van der Waals surface area contributed by atoms with Crippen molar-refractivity contribution in [3.05, 3.63) is 17.7 Å². The number of nitrogens with zero attached hydrogens (tertiary/aromatic N) is 1. The molecule has 0 spiro atoms. The van der Waals surface area contributed by atoms with Crippen molar-refractivity contribution in [2.45, 2.75) is 51.4 Å². The molecule has 2 N–H and O–H groups in total. The Bertz CT molecular complexity index is 386. The van der Waals surface area contributed by atoms with Gasteiger partial charge in [0.1, 0.15) is 0 Å². The number of hydrogen-bond donors (Lipinski definition) is 2. The largest absolute Gasteiger partial charge is 0.391 e. The average molecular weight is 261 g/mol. The first-order valence-corrected chi connectivity index (χ1v) is 6.25. The molecule has 6 heteroatoms. The van der Waals surface area contributed by atoms with Crippen LogP contribution in [0, 0.1) is 12.8 Å². The zero-order valence-corrected chi connectivity index (χ0v) is 10.3. The maximum absolute atomic E-state index is 12.6. The lowest BCUT2D eigenvalue weighted by Gasteiger charge is -2.31. The molecule has 1 aromatic heterocycles. The van der Waals surface area contributed by atoms with Crippen LogP contribution >= 0.6 is 0 Å². The fourth-order valence-corrected chi connectivity index (χ4v) is 2.48. The van der Waals surface area contributed by atoms with Crippen LogP contribution in [0.15, 0.2) is 6.33 Å². The summed E-state index contributed by atoms with van der Waals surface area (Å²) in [4.78, 5) is 7.09. The molecular weight excluding hydrogens is 243 g/mol. The van der Waals surface area contributed by atoms with Crippen molar-refractivity contribution in [1.29, 1.82) is 0 Å². The Morgan fingerprint density at radius 3 is 2.83 bits per heavy atom. The summed E-state index contributed by atoms with van der Waals surface area (Å²) >= 11 is 0. The molecule has 1 fully saturated rings. The van der Waals surface area contributed by atoms with Crippen molar-refractivity contribution in [3.63, 3.8) is 0 Å². The minimum atomic E-state index is -4.05. The molecule has 0 saturated heterocycles. The Morgan fingerprint density at radius 1 is 1.44 bits per heavy atom. The summed E-state index contributed by atoms with van der Waals surface area (Å²) in [6.07, 6.45) is -0.540. The number of hydrogen-bond acceptors (Lipinski definition) is 2. The Balaban J connectivity index is 1.85. The fraction of sp³-hybridized carbons (Fsp3) is 0.750. The lowest BCUT2D eigenvalue weighted by molar-refractivity contribution is -0.183. The smallest absolute Gasteiger partial charge is 0.348 e. The third-order valence-electron chi connectivity index (χ3n) is 3.63. The molecule has 18 heavy (non-hydrogen) atoms. The van der Waals surface area contributed by atoms with Gasteiger partial charge in [-0.05, 0) is 26.2 Å². The van der Waals surface area contributed by atoms with Gasteiger partial charge < -0.3 is 10.3 Å². The van der Waals surface area contributed by atoms with Crippen molar-refractivity contribution < 1.29 is 13.2 Å². The van der Waals surface area contributed by atoms with Gasteiger partial charge in [0, 0.05) is 18.3 Å². The number of H-pyrrole nitrogens is 1. The van der Waals surface area contributed by atoms with Crippen LogP contribution in [0.1, 0.15) is 37.1 Å². The lowest BCUT2D eigenvalue weighted by atomic mass is 9.85. The molecule has 2 unspecified atom stereocenters. The number of nitrogens with one attached hydrogen (secondary N) is 2. The highest BCUT2D eigenvalue weighted by molar-refractivity contribution is 5.08. The van der Waals surface area contributed by atoms with Gasteiger partial charge in [0.2, 0.25) is 0 Å². The number of aromatic amines is 1. The zero-order valence-electron chi connectivity index (χ0n) is 10.3. The Kier molecular flexibility index (Phi) is 3.94. The highest BCUT2D eigenvalue weighted by Gasteiger charge is 2.41. The van der Waals surface area contributed by atoms with E-state index in [1.54, 1.807) is 6.33 Å². The molecule has 1 heterocycles. The summed E-state index contributed by atoms with van der Waals surface area (Å²) in [7, 11) is 0. The second kappa shape index (κ2) is 5.30. The van der Waals surface area contributed by atoms with Crippen molar-refractivity contribution in [2.24, 2.45) is 5.92 Å². The first-order chi connectivity index (χ1) is 8.47.